The molecule has 1 saturated carbocycles. The Bertz CT molecular complexity index is 640. The zero-order valence-electron chi connectivity index (χ0n) is 13.0. The zero-order valence-corrected chi connectivity index (χ0v) is 14.6. The lowest BCUT2D eigenvalue weighted by atomic mass is 10.1. The van der Waals surface area contributed by atoms with Crippen LogP contribution in [-0.2, 0) is 25.9 Å². The lowest BCUT2D eigenvalue weighted by Crippen LogP contribution is -2.28. The SMILES string of the molecule is CCc1nn(C)c2c1nc(CCl)n2CC1(SC)CCCC1. The second kappa shape index (κ2) is 5.84. The van der Waals surface area contributed by atoms with Crippen LogP contribution in [0.3, 0.4) is 0 Å². The Kier molecular flexibility index (Phi) is 4.23. The number of nitrogens with zero attached hydrogens (tertiary/aromatic N) is 4. The number of hydrogen-bond acceptors (Lipinski definition) is 3. The van der Waals surface area contributed by atoms with Crippen molar-refractivity contribution in [2.75, 3.05) is 6.26 Å². The summed E-state index contributed by atoms with van der Waals surface area (Å²) in [6.07, 6.45) is 8.38. The molecule has 4 nitrogen and oxygen atoms in total. The topological polar surface area (TPSA) is 35.6 Å². The highest BCUT2D eigenvalue weighted by Crippen LogP contribution is 2.42. The number of hydrogen-bond donors (Lipinski definition) is 0. The minimum atomic E-state index is 0.338. The van der Waals surface area contributed by atoms with Gasteiger partial charge in [0.2, 0.25) is 0 Å². The van der Waals surface area contributed by atoms with E-state index in [0.29, 0.717) is 10.6 Å². The van der Waals surface area contributed by atoms with Crippen molar-refractivity contribution in [3.8, 4) is 0 Å². The third-order valence-electron chi connectivity index (χ3n) is 4.72. The van der Waals surface area contributed by atoms with E-state index in [9.17, 15) is 0 Å². The largest absolute Gasteiger partial charge is 0.310 e. The Morgan fingerprint density at radius 3 is 2.62 bits per heavy atom. The zero-order chi connectivity index (χ0) is 15.0. The van der Waals surface area contributed by atoms with Gasteiger partial charge in [0.05, 0.1) is 11.6 Å². The van der Waals surface area contributed by atoms with Gasteiger partial charge in [-0.05, 0) is 25.5 Å². The molecule has 116 valence electrons. The van der Waals surface area contributed by atoms with Crippen LogP contribution in [0.4, 0.5) is 0 Å². The van der Waals surface area contributed by atoms with E-state index in [1.807, 2.05) is 23.5 Å². The van der Waals surface area contributed by atoms with E-state index in [0.717, 1.165) is 35.6 Å². The van der Waals surface area contributed by atoms with Crippen LogP contribution in [0.25, 0.3) is 11.2 Å². The highest BCUT2D eigenvalue weighted by atomic mass is 35.5. The van der Waals surface area contributed by atoms with Crippen molar-refractivity contribution in [1.82, 2.24) is 19.3 Å². The van der Waals surface area contributed by atoms with Crippen LogP contribution < -0.4 is 0 Å². The first kappa shape index (κ1) is 15.2. The van der Waals surface area contributed by atoms with Crippen molar-refractivity contribution in [1.29, 1.82) is 0 Å². The Hall–Kier alpha value is -0.680. The molecule has 0 unspecified atom stereocenters. The molecular formula is C15H23ClN4S. The highest BCUT2D eigenvalue weighted by Gasteiger charge is 2.35. The maximum absolute atomic E-state index is 6.16. The van der Waals surface area contributed by atoms with Crippen LogP contribution in [-0.4, -0.2) is 30.3 Å². The Morgan fingerprint density at radius 2 is 2.05 bits per heavy atom. The molecule has 0 atom stereocenters. The van der Waals surface area contributed by atoms with Gasteiger partial charge in [0.1, 0.15) is 11.3 Å². The summed E-state index contributed by atoms with van der Waals surface area (Å²) in [7, 11) is 2.01. The molecular weight excluding hydrogens is 304 g/mol. The standard InChI is InChI=1S/C15H23ClN4S/c1-4-11-13-14(19(2)18-11)20(12(9-16)17-13)10-15(21-3)7-5-6-8-15/h4-10H2,1-3H3. The van der Waals surface area contributed by atoms with Crippen molar-refractivity contribution >= 4 is 34.5 Å². The van der Waals surface area contributed by atoms with E-state index < -0.39 is 0 Å². The Morgan fingerprint density at radius 1 is 1.33 bits per heavy atom. The van der Waals surface area contributed by atoms with Gasteiger partial charge < -0.3 is 4.57 Å². The van der Waals surface area contributed by atoms with Gasteiger partial charge >= 0.3 is 0 Å². The molecule has 0 N–H and O–H groups in total. The molecule has 2 aromatic rings. The fourth-order valence-electron chi connectivity index (χ4n) is 3.53. The van der Waals surface area contributed by atoms with E-state index in [1.54, 1.807) is 0 Å². The summed E-state index contributed by atoms with van der Waals surface area (Å²) >= 11 is 8.17. The van der Waals surface area contributed by atoms with Crippen LogP contribution in [0.15, 0.2) is 0 Å². The normalized spacial score (nSPS) is 17.9. The molecule has 0 amide bonds. The molecule has 3 rings (SSSR count). The fraction of sp³-hybridized carbons (Fsp3) is 0.733. The van der Waals surface area contributed by atoms with Gasteiger partial charge in [-0.25, -0.2) is 4.98 Å². The molecule has 0 aliphatic heterocycles. The average molecular weight is 327 g/mol. The first-order valence-electron chi connectivity index (χ1n) is 7.66. The number of halogens is 1. The molecule has 0 radical (unpaired) electrons. The van der Waals surface area contributed by atoms with Crippen molar-refractivity contribution in [2.24, 2.45) is 7.05 Å². The van der Waals surface area contributed by atoms with E-state index >= 15 is 0 Å². The lowest BCUT2D eigenvalue weighted by molar-refractivity contribution is 0.498. The first-order chi connectivity index (χ1) is 10.1. The molecule has 1 aliphatic carbocycles. The average Bonchev–Trinajstić information content (AvgIpc) is 3.16. The minimum absolute atomic E-state index is 0.338. The number of thioether (sulfide) groups is 1. The first-order valence-corrected chi connectivity index (χ1v) is 9.42. The summed E-state index contributed by atoms with van der Waals surface area (Å²) in [5.41, 5.74) is 3.23. The van der Waals surface area contributed by atoms with Crippen molar-refractivity contribution in [3.63, 3.8) is 0 Å². The molecule has 6 heteroatoms. The fourth-order valence-corrected chi connectivity index (χ4v) is 4.69. The molecule has 0 aromatic carbocycles. The predicted molar refractivity (Wildman–Crippen MR) is 90.1 cm³/mol. The van der Waals surface area contributed by atoms with Crippen molar-refractivity contribution in [2.45, 2.75) is 56.2 Å². The van der Waals surface area contributed by atoms with Gasteiger partial charge in [0, 0.05) is 18.3 Å². The van der Waals surface area contributed by atoms with Crippen LogP contribution in [0.5, 0.6) is 0 Å². The predicted octanol–water partition coefficient (Wildman–Crippen LogP) is 3.75. The van der Waals surface area contributed by atoms with Crippen molar-refractivity contribution < 1.29 is 0 Å². The Balaban J connectivity index is 2.10. The smallest absolute Gasteiger partial charge is 0.158 e. The summed E-state index contributed by atoms with van der Waals surface area (Å²) in [6.45, 7) is 3.12. The van der Waals surface area contributed by atoms with E-state index in [2.05, 4.69) is 22.8 Å². The van der Waals surface area contributed by atoms with Gasteiger partial charge in [-0.15, -0.1) is 11.6 Å². The maximum atomic E-state index is 6.16. The summed E-state index contributed by atoms with van der Waals surface area (Å²) in [5.74, 6) is 1.44. The number of aromatic nitrogens is 4. The monoisotopic (exact) mass is 326 g/mol. The summed E-state index contributed by atoms with van der Waals surface area (Å²) in [5, 5.41) is 4.61. The van der Waals surface area contributed by atoms with Crippen molar-refractivity contribution in [3.05, 3.63) is 11.5 Å². The second-order valence-corrected chi connectivity index (χ2v) is 7.48. The maximum Gasteiger partial charge on any atom is 0.158 e. The number of imidazole rings is 1. The third kappa shape index (κ3) is 2.48. The molecule has 1 aliphatic rings. The van der Waals surface area contributed by atoms with Gasteiger partial charge in [-0.1, -0.05) is 19.8 Å². The molecule has 0 saturated heterocycles. The number of rotatable bonds is 5. The summed E-state index contributed by atoms with van der Waals surface area (Å²) in [6, 6.07) is 0. The van der Waals surface area contributed by atoms with E-state index in [-0.39, 0.29) is 0 Å². The number of alkyl halides is 1. The molecule has 2 heterocycles. The van der Waals surface area contributed by atoms with Gasteiger partial charge in [0.15, 0.2) is 5.65 Å². The third-order valence-corrected chi connectivity index (χ3v) is 6.36. The highest BCUT2D eigenvalue weighted by molar-refractivity contribution is 8.00. The number of fused-ring (bicyclic) bond motifs is 1. The van der Waals surface area contributed by atoms with Gasteiger partial charge in [-0.3, -0.25) is 4.68 Å². The van der Waals surface area contributed by atoms with Crippen LogP contribution in [0.2, 0.25) is 0 Å². The minimum Gasteiger partial charge on any atom is -0.310 e. The molecule has 1 fully saturated rings. The van der Waals surface area contributed by atoms with Crippen LogP contribution in [0.1, 0.15) is 44.1 Å². The second-order valence-electron chi connectivity index (χ2n) is 5.94. The van der Waals surface area contributed by atoms with Gasteiger partial charge in [0.25, 0.3) is 0 Å². The molecule has 2 aromatic heterocycles. The molecule has 0 spiro atoms. The molecule has 0 bridgehead atoms. The quantitative estimate of drug-likeness (QED) is 0.785. The van der Waals surface area contributed by atoms with E-state index in [1.165, 1.54) is 25.7 Å². The number of aryl methyl sites for hydroxylation is 2. The van der Waals surface area contributed by atoms with Gasteiger partial charge in [-0.2, -0.15) is 16.9 Å². The Labute approximate surface area is 135 Å². The summed E-state index contributed by atoms with van der Waals surface area (Å²) < 4.78 is 4.63. The van der Waals surface area contributed by atoms with Crippen LogP contribution >= 0.6 is 23.4 Å². The van der Waals surface area contributed by atoms with E-state index in [4.69, 9.17) is 16.6 Å². The van der Waals surface area contributed by atoms with Crippen LogP contribution in [0, 0.1) is 0 Å². The summed E-state index contributed by atoms with van der Waals surface area (Å²) in [4.78, 5) is 4.77. The lowest BCUT2D eigenvalue weighted by Gasteiger charge is -2.28. The molecule has 21 heavy (non-hydrogen) atoms.